The minimum atomic E-state index is -0.113. The zero-order valence-electron chi connectivity index (χ0n) is 16.8. The van der Waals surface area contributed by atoms with Crippen molar-refractivity contribution in [3.8, 4) is 11.4 Å². The second kappa shape index (κ2) is 8.51. The van der Waals surface area contributed by atoms with Crippen LogP contribution in [-0.2, 0) is 0 Å². The second-order valence-electron chi connectivity index (χ2n) is 7.83. The van der Waals surface area contributed by atoms with E-state index in [-0.39, 0.29) is 11.9 Å². The molecule has 0 atom stereocenters. The molecule has 0 unspecified atom stereocenters. The smallest absolute Gasteiger partial charge is 0.256 e. The van der Waals surface area contributed by atoms with Crippen molar-refractivity contribution in [2.45, 2.75) is 65.0 Å². The fourth-order valence-corrected chi connectivity index (χ4v) is 3.71. The number of aromatic nitrogens is 2. The zero-order chi connectivity index (χ0) is 19.4. The first-order chi connectivity index (χ1) is 13.0. The van der Waals surface area contributed by atoms with Gasteiger partial charge in [-0.05, 0) is 39.7 Å². The van der Waals surface area contributed by atoms with Gasteiger partial charge in [-0.1, -0.05) is 43.0 Å². The van der Waals surface area contributed by atoms with Crippen LogP contribution in [0.3, 0.4) is 0 Å². The molecule has 1 aliphatic rings. The van der Waals surface area contributed by atoms with E-state index in [1.165, 1.54) is 24.8 Å². The Balaban J connectivity index is 2.01. The van der Waals surface area contributed by atoms with Gasteiger partial charge < -0.3 is 10.2 Å². The molecule has 0 bridgehead atoms. The summed E-state index contributed by atoms with van der Waals surface area (Å²) >= 11 is 0. The van der Waals surface area contributed by atoms with Gasteiger partial charge in [-0.3, -0.25) is 4.79 Å². The molecule has 1 fully saturated rings. The molecule has 0 spiro atoms. The Morgan fingerprint density at radius 3 is 2.63 bits per heavy atom. The number of benzene rings is 1. The van der Waals surface area contributed by atoms with Crippen molar-refractivity contribution in [1.29, 1.82) is 0 Å². The minimum absolute atomic E-state index is 0.0711. The maximum absolute atomic E-state index is 12.7. The van der Waals surface area contributed by atoms with Crippen molar-refractivity contribution in [1.82, 2.24) is 15.3 Å². The molecule has 5 heteroatoms. The van der Waals surface area contributed by atoms with Crippen LogP contribution in [0.1, 0.15) is 61.9 Å². The number of nitrogens with one attached hydrogen (secondary N) is 1. The number of nitrogens with zero attached hydrogens (tertiary/aromatic N) is 3. The predicted octanol–water partition coefficient (Wildman–Crippen LogP) is 4.36. The van der Waals surface area contributed by atoms with Gasteiger partial charge in [-0.2, -0.15) is 0 Å². The Kier molecular flexibility index (Phi) is 6.09. The average molecular weight is 367 g/mol. The summed E-state index contributed by atoms with van der Waals surface area (Å²) in [6.07, 6.45) is 7.73. The van der Waals surface area contributed by atoms with Gasteiger partial charge in [0, 0.05) is 30.9 Å². The van der Waals surface area contributed by atoms with Gasteiger partial charge in [0.1, 0.15) is 11.4 Å². The van der Waals surface area contributed by atoms with Crippen LogP contribution < -0.4 is 10.2 Å². The van der Waals surface area contributed by atoms with Gasteiger partial charge in [0.2, 0.25) is 0 Å². The molecule has 0 radical (unpaired) electrons. The highest BCUT2D eigenvalue weighted by molar-refractivity contribution is 5.99. The number of rotatable bonds is 5. The Bertz CT molecular complexity index is 797. The van der Waals surface area contributed by atoms with Crippen molar-refractivity contribution >= 4 is 11.7 Å². The normalized spacial score (nSPS) is 15.0. The number of hydrogen-bond donors (Lipinski definition) is 1. The van der Waals surface area contributed by atoms with E-state index in [1.54, 1.807) is 6.20 Å². The van der Waals surface area contributed by atoms with Crippen LogP contribution >= 0.6 is 0 Å². The summed E-state index contributed by atoms with van der Waals surface area (Å²) in [5.41, 5.74) is 2.69. The van der Waals surface area contributed by atoms with Crippen molar-refractivity contribution in [2.75, 3.05) is 11.9 Å². The SMILES string of the molecule is Cc1cccc(-c2ncc(C(=O)NC(C)C)c(N(C)C3CCCCC3)n2)c1. The lowest BCUT2D eigenvalue weighted by Crippen LogP contribution is -2.37. The molecule has 27 heavy (non-hydrogen) atoms. The van der Waals surface area contributed by atoms with Gasteiger partial charge in [-0.15, -0.1) is 0 Å². The molecule has 5 nitrogen and oxygen atoms in total. The van der Waals surface area contributed by atoms with E-state index in [0.29, 0.717) is 17.4 Å². The summed E-state index contributed by atoms with van der Waals surface area (Å²) in [6, 6.07) is 8.65. The Morgan fingerprint density at radius 2 is 1.96 bits per heavy atom. The van der Waals surface area contributed by atoms with Gasteiger partial charge in [0.15, 0.2) is 5.82 Å². The van der Waals surface area contributed by atoms with E-state index in [0.717, 1.165) is 24.2 Å². The van der Waals surface area contributed by atoms with E-state index in [4.69, 9.17) is 4.98 Å². The van der Waals surface area contributed by atoms with Crippen LogP contribution in [0.2, 0.25) is 0 Å². The number of carbonyl (C=O) groups is 1. The maximum Gasteiger partial charge on any atom is 0.256 e. The van der Waals surface area contributed by atoms with E-state index in [1.807, 2.05) is 26.0 Å². The molecule has 2 aromatic rings. The first-order valence-electron chi connectivity index (χ1n) is 9.93. The number of hydrogen-bond acceptors (Lipinski definition) is 4. The maximum atomic E-state index is 12.7. The molecule has 1 aromatic heterocycles. The molecule has 1 aliphatic carbocycles. The molecule has 1 saturated carbocycles. The number of carbonyl (C=O) groups excluding carboxylic acids is 1. The van der Waals surface area contributed by atoms with Crippen molar-refractivity contribution < 1.29 is 4.79 Å². The van der Waals surface area contributed by atoms with Crippen LogP contribution in [0.4, 0.5) is 5.82 Å². The highest BCUT2D eigenvalue weighted by Crippen LogP contribution is 2.29. The average Bonchev–Trinajstić information content (AvgIpc) is 2.67. The summed E-state index contributed by atoms with van der Waals surface area (Å²) in [5, 5.41) is 2.98. The first-order valence-corrected chi connectivity index (χ1v) is 9.93. The topological polar surface area (TPSA) is 58.1 Å². The molecule has 1 amide bonds. The van der Waals surface area contributed by atoms with Crippen molar-refractivity contribution in [3.05, 3.63) is 41.6 Å². The lowest BCUT2D eigenvalue weighted by atomic mass is 9.94. The predicted molar refractivity (Wildman–Crippen MR) is 110 cm³/mol. The van der Waals surface area contributed by atoms with Crippen LogP contribution in [0, 0.1) is 6.92 Å². The molecule has 1 heterocycles. The highest BCUT2D eigenvalue weighted by atomic mass is 16.1. The van der Waals surface area contributed by atoms with E-state index in [9.17, 15) is 4.79 Å². The molecule has 0 saturated heterocycles. The fraction of sp³-hybridized carbons (Fsp3) is 0.500. The second-order valence-corrected chi connectivity index (χ2v) is 7.83. The first kappa shape index (κ1) is 19.3. The minimum Gasteiger partial charge on any atom is -0.356 e. The van der Waals surface area contributed by atoms with Gasteiger partial charge in [-0.25, -0.2) is 9.97 Å². The molecule has 1 aromatic carbocycles. The van der Waals surface area contributed by atoms with Gasteiger partial charge in [0.05, 0.1) is 0 Å². The number of anilines is 1. The fourth-order valence-electron chi connectivity index (χ4n) is 3.71. The van der Waals surface area contributed by atoms with Crippen LogP contribution in [0.25, 0.3) is 11.4 Å². The number of aryl methyl sites for hydroxylation is 1. The van der Waals surface area contributed by atoms with Crippen LogP contribution in [0.15, 0.2) is 30.5 Å². The largest absolute Gasteiger partial charge is 0.356 e. The van der Waals surface area contributed by atoms with Crippen LogP contribution in [0.5, 0.6) is 0 Å². The number of amides is 1. The molecule has 144 valence electrons. The lowest BCUT2D eigenvalue weighted by molar-refractivity contribution is 0.0943. The van der Waals surface area contributed by atoms with Crippen LogP contribution in [-0.4, -0.2) is 35.0 Å². The highest BCUT2D eigenvalue weighted by Gasteiger charge is 2.25. The van der Waals surface area contributed by atoms with Gasteiger partial charge in [0.25, 0.3) is 5.91 Å². The molecule has 1 N–H and O–H groups in total. The standard InChI is InChI=1S/C22H30N4O/c1-15(2)24-22(27)19-14-23-20(17-10-8-9-16(3)13-17)25-21(19)26(4)18-11-6-5-7-12-18/h8-10,13-15,18H,5-7,11-12H2,1-4H3,(H,24,27). The monoisotopic (exact) mass is 366 g/mol. The van der Waals surface area contributed by atoms with E-state index < -0.39 is 0 Å². The third-order valence-electron chi connectivity index (χ3n) is 5.17. The Labute approximate surface area is 162 Å². The van der Waals surface area contributed by atoms with E-state index in [2.05, 4.69) is 41.3 Å². The zero-order valence-corrected chi connectivity index (χ0v) is 16.8. The molecule has 0 aliphatic heterocycles. The van der Waals surface area contributed by atoms with Crippen molar-refractivity contribution in [2.24, 2.45) is 0 Å². The summed E-state index contributed by atoms with van der Waals surface area (Å²) in [6.45, 7) is 5.98. The summed E-state index contributed by atoms with van der Waals surface area (Å²) in [7, 11) is 2.06. The quantitative estimate of drug-likeness (QED) is 0.854. The summed E-state index contributed by atoms with van der Waals surface area (Å²) in [5.74, 6) is 1.28. The molecular formula is C22H30N4O. The summed E-state index contributed by atoms with van der Waals surface area (Å²) < 4.78 is 0. The third kappa shape index (κ3) is 4.65. The third-order valence-corrected chi connectivity index (χ3v) is 5.17. The molecule has 3 rings (SSSR count). The lowest BCUT2D eigenvalue weighted by Gasteiger charge is -2.33. The Hall–Kier alpha value is -2.43. The summed E-state index contributed by atoms with van der Waals surface area (Å²) in [4.78, 5) is 24.3. The molecular weight excluding hydrogens is 336 g/mol. The van der Waals surface area contributed by atoms with Crippen molar-refractivity contribution in [3.63, 3.8) is 0 Å². The van der Waals surface area contributed by atoms with E-state index >= 15 is 0 Å². The van der Waals surface area contributed by atoms with Gasteiger partial charge >= 0.3 is 0 Å². The Morgan fingerprint density at radius 1 is 1.22 bits per heavy atom.